The molecular weight excluding hydrogens is 204 g/mol. The van der Waals surface area contributed by atoms with Crippen LogP contribution < -0.4 is 10.1 Å². The highest BCUT2D eigenvalue weighted by atomic mass is 16.5. The van der Waals surface area contributed by atoms with Gasteiger partial charge in [0.1, 0.15) is 12.3 Å². The van der Waals surface area contributed by atoms with Gasteiger partial charge in [-0.1, -0.05) is 0 Å². The van der Waals surface area contributed by atoms with E-state index in [1.165, 1.54) is 0 Å². The third-order valence-electron chi connectivity index (χ3n) is 2.03. The lowest BCUT2D eigenvalue weighted by Gasteiger charge is -2.10. The molecule has 0 aliphatic heterocycles. The second-order valence-corrected chi connectivity index (χ2v) is 3.37. The molecule has 0 saturated carbocycles. The number of nitrogens with zero attached hydrogens (tertiary/aromatic N) is 1. The number of hydrogen-bond donors (Lipinski definition) is 1. The van der Waals surface area contributed by atoms with Gasteiger partial charge in [0, 0.05) is 0 Å². The van der Waals surface area contributed by atoms with Crippen LogP contribution in [0.25, 0.3) is 0 Å². The molecule has 0 bridgehead atoms. The van der Waals surface area contributed by atoms with E-state index in [4.69, 9.17) is 10.00 Å². The van der Waals surface area contributed by atoms with Crippen LogP contribution in [-0.4, -0.2) is 19.1 Å². The second-order valence-electron chi connectivity index (χ2n) is 3.37. The first-order valence-electron chi connectivity index (χ1n) is 4.89. The lowest BCUT2D eigenvalue weighted by atomic mass is 10.1. The highest BCUT2D eigenvalue weighted by Crippen LogP contribution is 2.21. The molecule has 1 amide bonds. The zero-order valence-electron chi connectivity index (χ0n) is 9.33. The van der Waals surface area contributed by atoms with Gasteiger partial charge in [-0.3, -0.25) is 4.79 Å². The van der Waals surface area contributed by atoms with E-state index in [9.17, 15) is 4.79 Å². The number of rotatable bonds is 4. The van der Waals surface area contributed by atoms with Crippen molar-refractivity contribution in [1.82, 2.24) is 5.32 Å². The maximum absolute atomic E-state index is 11.2. The van der Waals surface area contributed by atoms with Crippen molar-refractivity contribution in [3.05, 3.63) is 29.3 Å². The fourth-order valence-corrected chi connectivity index (χ4v) is 1.29. The van der Waals surface area contributed by atoms with Gasteiger partial charge >= 0.3 is 0 Å². The summed E-state index contributed by atoms with van der Waals surface area (Å²) in [7, 11) is 0. The minimum Gasteiger partial charge on any atom is -0.483 e. The van der Waals surface area contributed by atoms with E-state index in [0.717, 1.165) is 11.1 Å². The van der Waals surface area contributed by atoms with E-state index in [2.05, 4.69) is 11.4 Å². The summed E-state index contributed by atoms with van der Waals surface area (Å²) in [6, 6.07) is 8.40. The molecule has 0 spiro atoms. The average molecular weight is 217 g/mol. The molecule has 1 aromatic carbocycles. The summed E-state index contributed by atoms with van der Waals surface area (Å²) in [6.07, 6.45) is 0. The Labute approximate surface area is 94.8 Å². The van der Waals surface area contributed by atoms with E-state index in [1.807, 2.05) is 19.9 Å². The molecule has 0 fully saturated rings. The molecule has 1 radical (unpaired) electrons. The third-order valence-corrected chi connectivity index (χ3v) is 2.03. The topological polar surface area (TPSA) is 62.1 Å². The first-order valence-corrected chi connectivity index (χ1v) is 4.89. The molecule has 4 nitrogen and oxygen atoms in total. The molecule has 0 unspecified atom stereocenters. The van der Waals surface area contributed by atoms with Gasteiger partial charge in [0.05, 0.1) is 6.07 Å². The smallest absolute Gasteiger partial charge is 0.258 e. The Balaban J connectivity index is 2.55. The monoisotopic (exact) mass is 217 g/mol. The predicted molar refractivity (Wildman–Crippen MR) is 58.9 cm³/mol. The van der Waals surface area contributed by atoms with Crippen molar-refractivity contribution in [2.45, 2.75) is 13.8 Å². The SMILES string of the molecule is Cc1c[c]cc(C)c1OCC(=O)NCC#N. The molecule has 0 heterocycles. The molecule has 0 aliphatic rings. The van der Waals surface area contributed by atoms with Gasteiger partial charge in [0.15, 0.2) is 6.61 Å². The van der Waals surface area contributed by atoms with E-state index in [-0.39, 0.29) is 19.1 Å². The summed E-state index contributed by atoms with van der Waals surface area (Å²) in [5.74, 6) is 0.402. The van der Waals surface area contributed by atoms with E-state index in [0.29, 0.717) is 5.75 Å². The quantitative estimate of drug-likeness (QED) is 0.769. The van der Waals surface area contributed by atoms with Crippen LogP contribution in [0.5, 0.6) is 5.75 Å². The van der Waals surface area contributed by atoms with Crippen molar-refractivity contribution in [3.8, 4) is 11.8 Å². The van der Waals surface area contributed by atoms with Gasteiger partial charge in [0.2, 0.25) is 0 Å². The lowest BCUT2D eigenvalue weighted by molar-refractivity contribution is -0.122. The highest BCUT2D eigenvalue weighted by molar-refractivity contribution is 5.77. The van der Waals surface area contributed by atoms with Crippen LogP contribution in [0.15, 0.2) is 12.1 Å². The lowest BCUT2D eigenvalue weighted by Crippen LogP contribution is -2.29. The Kier molecular flexibility index (Phi) is 4.34. The number of nitriles is 1. The van der Waals surface area contributed by atoms with Gasteiger partial charge in [-0.15, -0.1) is 0 Å². The summed E-state index contributed by atoms with van der Waals surface area (Å²) in [4.78, 5) is 11.2. The molecule has 4 heteroatoms. The summed E-state index contributed by atoms with van der Waals surface area (Å²) in [5.41, 5.74) is 1.88. The van der Waals surface area contributed by atoms with Crippen LogP contribution >= 0.6 is 0 Å². The van der Waals surface area contributed by atoms with E-state index in [1.54, 1.807) is 12.1 Å². The second kappa shape index (κ2) is 5.76. The molecule has 1 N–H and O–H groups in total. The Morgan fingerprint density at radius 3 is 2.69 bits per heavy atom. The fraction of sp³-hybridized carbons (Fsp3) is 0.333. The minimum atomic E-state index is -0.298. The fourth-order valence-electron chi connectivity index (χ4n) is 1.29. The van der Waals surface area contributed by atoms with Crippen molar-refractivity contribution in [1.29, 1.82) is 5.26 Å². The molecule has 1 rings (SSSR count). The molecule has 1 aromatic rings. The van der Waals surface area contributed by atoms with Crippen molar-refractivity contribution < 1.29 is 9.53 Å². The van der Waals surface area contributed by atoms with Crippen molar-refractivity contribution >= 4 is 5.91 Å². The highest BCUT2D eigenvalue weighted by Gasteiger charge is 2.06. The van der Waals surface area contributed by atoms with Crippen LogP contribution in [0, 0.1) is 31.2 Å². The van der Waals surface area contributed by atoms with Crippen LogP contribution in [0.3, 0.4) is 0 Å². The van der Waals surface area contributed by atoms with Crippen molar-refractivity contribution in [3.63, 3.8) is 0 Å². The Bertz CT molecular complexity index is 401. The zero-order valence-corrected chi connectivity index (χ0v) is 9.33. The number of aryl methyl sites for hydroxylation is 2. The van der Waals surface area contributed by atoms with Crippen molar-refractivity contribution in [2.24, 2.45) is 0 Å². The predicted octanol–water partition coefficient (Wildman–Crippen LogP) is 1.12. The average Bonchev–Trinajstić information content (AvgIpc) is 2.25. The summed E-state index contributed by atoms with van der Waals surface area (Å²) in [5, 5.41) is 10.7. The largest absolute Gasteiger partial charge is 0.483 e. The van der Waals surface area contributed by atoms with E-state index >= 15 is 0 Å². The summed E-state index contributed by atoms with van der Waals surface area (Å²) in [6.45, 7) is 3.72. The Morgan fingerprint density at radius 1 is 1.50 bits per heavy atom. The molecule has 83 valence electrons. The minimum absolute atomic E-state index is 0.00270. The number of carbonyl (C=O) groups is 1. The normalized spacial score (nSPS) is 9.31. The van der Waals surface area contributed by atoms with Gasteiger partial charge in [-0.25, -0.2) is 0 Å². The molecule has 0 aromatic heterocycles. The van der Waals surface area contributed by atoms with Crippen LogP contribution in [0.1, 0.15) is 11.1 Å². The summed E-state index contributed by atoms with van der Waals surface area (Å²) < 4.78 is 5.38. The van der Waals surface area contributed by atoms with Crippen molar-refractivity contribution in [2.75, 3.05) is 13.2 Å². The number of benzene rings is 1. The summed E-state index contributed by atoms with van der Waals surface area (Å²) >= 11 is 0. The molecule has 0 atom stereocenters. The van der Waals surface area contributed by atoms with E-state index < -0.39 is 0 Å². The molecule has 0 aliphatic carbocycles. The third kappa shape index (κ3) is 3.28. The number of hydrogen-bond acceptors (Lipinski definition) is 3. The molecule has 16 heavy (non-hydrogen) atoms. The number of carbonyl (C=O) groups excluding carboxylic acids is 1. The first-order chi connectivity index (χ1) is 7.65. The standard InChI is InChI=1S/C12H13N2O2/c1-9-4-3-5-10(2)12(9)16-8-11(15)14-7-6-13/h4-5H,7-8H2,1-2H3,(H,14,15). The zero-order chi connectivity index (χ0) is 12.0. The van der Waals surface area contributed by atoms with Crippen LogP contribution in [0.4, 0.5) is 0 Å². The molecular formula is C12H13N2O2. The number of nitrogens with one attached hydrogen (secondary N) is 1. The first kappa shape index (κ1) is 12.1. The Morgan fingerprint density at radius 2 is 2.12 bits per heavy atom. The van der Waals surface area contributed by atoms with Crippen LogP contribution in [0.2, 0.25) is 0 Å². The maximum atomic E-state index is 11.2. The molecule has 0 saturated heterocycles. The number of amides is 1. The van der Waals surface area contributed by atoms with Crippen LogP contribution in [-0.2, 0) is 4.79 Å². The van der Waals surface area contributed by atoms with Gasteiger partial charge in [-0.2, -0.15) is 5.26 Å². The van der Waals surface area contributed by atoms with Gasteiger partial charge in [0.25, 0.3) is 5.91 Å². The van der Waals surface area contributed by atoms with Gasteiger partial charge in [-0.05, 0) is 43.2 Å². The number of ether oxygens (including phenoxy) is 1. The Hall–Kier alpha value is -2.02. The maximum Gasteiger partial charge on any atom is 0.258 e. The van der Waals surface area contributed by atoms with Gasteiger partial charge < -0.3 is 10.1 Å².